The molecule has 8 heteroatoms. The molecule has 0 spiro atoms. The van der Waals surface area contributed by atoms with Crippen molar-refractivity contribution in [2.24, 2.45) is 11.8 Å². The van der Waals surface area contributed by atoms with Gasteiger partial charge in [-0.3, -0.25) is 4.79 Å². The van der Waals surface area contributed by atoms with E-state index in [-0.39, 0.29) is 23.0 Å². The van der Waals surface area contributed by atoms with E-state index in [0.29, 0.717) is 43.6 Å². The molecule has 1 aliphatic heterocycles. The van der Waals surface area contributed by atoms with Crippen molar-refractivity contribution in [2.45, 2.75) is 45.9 Å². The maximum atomic E-state index is 12.7. The molecule has 0 unspecified atom stereocenters. The Balaban J connectivity index is 2.12. The summed E-state index contributed by atoms with van der Waals surface area (Å²) in [6.45, 7) is 11.1. The number of esters is 1. The van der Waals surface area contributed by atoms with Gasteiger partial charge < -0.3 is 9.64 Å². The molecular formula is C21H32N2O5S. The molecule has 0 N–H and O–H groups in total. The van der Waals surface area contributed by atoms with Crippen LogP contribution in [0.3, 0.4) is 0 Å². The highest BCUT2D eigenvalue weighted by Gasteiger charge is 2.27. The first-order valence-corrected chi connectivity index (χ1v) is 11.6. The van der Waals surface area contributed by atoms with Crippen molar-refractivity contribution >= 4 is 21.9 Å². The van der Waals surface area contributed by atoms with Gasteiger partial charge >= 0.3 is 5.97 Å². The standard InChI is InChI=1S/C21H32N2O5S/c1-6-23(7-2)29(26,27)18-9-8-17(5)19(11-18)21(25)28-14-20(24)22-12-15(3)10-16(4)13-22/h8-9,11,15-16H,6-7,10,12-14H2,1-5H3/t15-,16-/m0/s1. The molecule has 2 rings (SSSR count). The van der Waals surface area contributed by atoms with Gasteiger partial charge in [0.15, 0.2) is 6.61 Å². The summed E-state index contributed by atoms with van der Waals surface area (Å²) in [5.41, 5.74) is 0.757. The molecule has 1 fully saturated rings. The minimum Gasteiger partial charge on any atom is -0.452 e. The summed E-state index contributed by atoms with van der Waals surface area (Å²) in [6.07, 6.45) is 1.08. The molecule has 162 valence electrons. The number of piperidine rings is 1. The van der Waals surface area contributed by atoms with Crippen molar-refractivity contribution < 1.29 is 22.7 Å². The largest absolute Gasteiger partial charge is 0.452 e. The zero-order valence-corrected chi connectivity index (χ0v) is 18.8. The second kappa shape index (κ2) is 9.71. The van der Waals surface area contributed by atoms with Crippen LogP contribution in [0, 0.1) is 18.8 Å². The number of aryl methyl sites for hydroxylation is 1. The molecule has 1 heterocycles. The molecule has 1 aromatic carbocycles. The molecule has 1 aromatic rings. The van der Waals surface area contributed by atoms with E-state index in [4.69, 9.17) is 4.74 Å². The Hall–Kier alpha value is -1.93. The van der Waals surface area contributed by atoms with Crippen molar-refractivity contribution in [3.8, 4) is 0 Å². The maximum Gasteiger partial charge on any atom is 0.338 e. The van der Waals surface area contributed by atoms with Gasteiger partial charge in [-0.2, -0.15) is 4.31 Å². The lowest BCUT2D eigenvalue weighted by atomic mass is 9.92. The molecule has 2 atom stereocenters. The zero-order chi connectivity index (χ0) is 21.8. The minimum absolute atomic E-state index is 0.0451. The van der Waals surface area contributed by atoms with Crippen LogP contribution in [-0.4, -0.2) is 62.3 Å². The maximum absolute atomic E-state index is 12.7. The molecule has 7 nitrogen and oxygen atoms in total. The number of carbonyl (C=O) groups excluding carboxylic acids is 2. The topological polar surface area (TPSA) is 84.0 Å². The first-order chi connectivity index (χ1) is 13.6. The Morgan fingerprint density at radius 1 is 1.14 bits per heavy atom. The summed E-state index contributed by atoms with van der Waals surface area (Å²) >= 11 is 0. The Labute approximate surface area is 174 Å². The molecular weight excluding hydrogens is 392 g/mol. The molecule has 0 aromatic heterocycles. The Bertz CT molecular complexity index is 839. The third kappa shape index (κ3) is 5.57. The molecule has 29 heavy (non-hydrogen) atoms. The van der Waals surface area contributed by atoms with Crippen LogP contribution in [0.15, 0.2) is 23.1 Å². The van der Waals surface area contributed by atoms with Gasteiger partial charge in [0.1, 0.15) is 0 Å². The molecule has 0 aliphatic carbocycles. The van der Waals surface area contributed by atoms with Crippen molar-refractivity contribution in [3.63, 3.8) is 0 Å². The average Bonchev–Trinajstić information content (AvgIpc) is 2.66. The summed E-state index contributed by atoms with van der Waals surface area (Å²) in [5.74, 6) is -0.0721. The summed E-state index contributed by atoms with van der Waals surface area (Å²) in [5, 5.41) is 0. The van der Waals surface area contributed by atoms with Gasteiger partial charge in [-0.05, 0) is 42.9 Å². The van der Waals surface area contributed by atoms with Gasteiger partial charge in [0.2, 0.25) is 10.0 Å². The lowest BCUT2D eigenvalue weighted by molar-refractivity contribution is -0.137. The van der Waals surface area contributed by atoms with E-state index in [1.165, 1.54) is 16.4 Å². The quantitative estimate of drug-likeness (QED) is 0.629. The number of nitrogens with zero attached hydrogens (tertiary/aromatic N) is 2. The number of likely N-dealkylation sites (tertiary alicyclic amines) is 1. The molecule has 0 saturated carbocycles. The lowest BCUT2D eigenvalue weighted by Crippen LogP contribution is -2.44. The van der Waals surface area contributed by atoms with Crippen molar-refractivity contribution in [3.05, 3.63) is 29.3 Å². The predicted octanol–water partition coefficient (Wildman–Crippen LogP) is 2.69. The van der Waals surface area contributed by atoms with Crippen LogP contribution in [0.1, 0.15) is 50.0 Å². The summed E-state index contributed by atoms with van der Waals surface area (Å²) in [7, 11) is -3.68. The number of hydrogen-bond acceptors (Lipinski definition) is 5. The number of hydrogen-bond donors (Lipinski definition) is 0. The Morgan fingerprint density at radius 3 is 2.28 bits per heavy atom. The van der Waals surface area contributed by atoms with Crippen LogP contribution in [0.2, 0.25) is 0 Å². The normalized spacial score (nSPS) is 20.0. The molecule has 0 radical (unpaired) electrons. The number of sulfonamides is 1. The number of ether oxygens (including phenoxy) is 1. The fraction of sp³-hybridized carbons (Fsp3) is 0.619. The van der Waals surface area contributed by atoms with Gasteiger partial charge in [0.05, 0.1) is 10.5 Å². The SMILES string of the molecule is CCN(CC)S(=O)(=O)c1ccc(C)c(C(=O)OCC(=O)N2C[C@@H](C)C[C@H](C)C2)c1. The highest BCUT2D eigenvalue weighted by atomic mass is 32.2. The Morgan fingerprint density at radius 2 is 1.72 bits per heavy atom. The second-order valence-electron chi connectivity index (χ2n) is 7.89. The van der Waals surface area contributed by atoms with E-state index in [9.17, 15) is 18.0 Å². The number of amides is 1. The summed E-state index contributed by atoms with van der Waals surface area (Å²) in [4.78, 5) is 26.8. The number of carbonyl (C=O) groups is 2. The van der Waals surface area contributed by atoms with E-state index in [1.54, 1.807) is 31.7 Å². The van der Waals surface area contributed by atoms with E-state index in [2.05, 4.69) is 13.8 Å². The molecule has 1 aliphatic rings. The van der Waals surface area contributed by atoms with Gasteiger partial charge in [-0.15, -0.1) is 0 Å². The number of benzene rings is 1. The fourth-order valence-electron chi connectivity index (χ4n) is 3.86. The molecule has 1 saturated heterocycles. The van der Waals surface area contributed by atoms with Crippen LogP contribution in [0.5, 0.6) is 0 Å². The molecule has 0 bridgehead atoms. The van der Waals surface area contributed by atoms with E-state index >= 15 is 0 Å². The first-order valence-electron chi connectivity index (χ1n) is 10.2. The van der Waals surface area contributed by atoms with Gasteiger partial charge in [0.25, 0.3) is 5.91 Å². The summed E-state index contributed by atoms with van der Waals surface area (Å²) < 4.78 is 32.0. The first kappa shape index (κ1) is 23.3. The van der Waals surface area contributed by atoms with Gasteiger partial charge in [-0.1, -0.05) is 33.8 Å². The van der Waals surface area contributed by atoms with Crippen molar-refractivity contribution in [1.82, 2.24) is 9.21 Å². The van der Waals surface area contributed by atoms with Crippen LogP contribution in [0.4, 0.5) is 0 Å². The fourth-order valence-corrected chi connectivity index (χ4v) is 5.34. The van der Waals surface area contributed by atoms with Crippen LogP contribution in [-0.2, 0) is 19.6 Å². The smallest absolute Gasteiger partial charge is 0.338 e. The lowest BCUT2D eigenvalue weighted by Gasteiger charge is -2.34. The van der Waals surface area contributed by atoms with Gasteiger partial charge in [-0.25, -0.2) is 13.2 Å². The van der Waals surface area contributed by atoms with Gasteiger partial charge in [0, 0.05) is 26.2 Å². The van der Waals surface area contributed by atoms with E-state index < -0.39 is 16.0 Å². The highest BCUT2D eigenvalue weighted by molar-refractivity contribution is 7.89. The predicted molar refractivity (Wildman–Crippen MR) is 111 cm³/mol. The Kier molecular flexibility index (Phi) is 7.82. The minimum atomic E-state index is -3.68. The summed E-state index contributed by atoms with van der Waals surface area (Å²) in [6, 6.07) is 4.41. The van der Waals surface area contributed by atoms with Crippen molar-refractivity contribution in [2.75, 3.05) is 32.8 Å². The second-order valence-corrected chi connectivity index (χ2v) is 9.82. The molecule has 1 amide bonds. The van der Waals surface area contributed by atoms with E-state index in [0.717, 1.165) is 6.42 Å². The third-order valence-corrected chi connectivity index (χ3v) is 7.37. The highest BCUT2D eigenvalue weighted by Crippen LogP contribution is 2.22. The third-order valence-electron chi connectivity index (χ3n) is 5.32. The average molecular weight is 425 g/mol. The number of rotatable bonds is 7. The van der Waals surface area contributed by atoms with E-state index in [1.807, 2.05) is 0 Å². The van der Waals surface area contributed by atoms with Crippen LogP contribution >= 0.6 is 0 Å². The zero-order valence-electron chi connectivity index (χ0n) is 18.0. The van der Waals surface area contributed by atoms with Crippen LogP contribution < -0.4 is 0 Å². The van der Waals surface area contributed by atoms with Crippen LogP contribution in [0.25, 0.3) is 0 Å². The van der Waals surface area contributed by atoms with Crippen molar-refractivity contribution in [1.29, 1.82) is 0 Å². The monoisotopic (exact) mass is 424 g/mol.